The van der Waals surface area contributed by atoms with Crippen LogP contribution in [-0.2, 0) is 9.47 Å². The first kappa shape index (κ1) is 14.6. The number of ether oxygens (including phenoxy) is 2. The number of anilines is 1. The van der Waals surface area contributed by atoms with Crippen molar-refractivity contribution >= 4 is 17.3 Å². The topological polar surface area (TPSA) is 24.9 Å². The molecule has 1 aliphatic heterocycles. The average molecular weight is 285 g/mol. The van der Waals surface area contributed by atoms with Crippen LogP contribution in [-0.4, -0.2) is 58.1 Å². The summed E-state index contributed by atoms with van der Waals surface area (Å²) in [7, 11) is 3.36. The molecule has 4 nitrogen and oxygen atoms in total. The van der Waals surface area contributed by atoms with Crippen molar-refractivity contribution in [3.63, 3.8) is 0 Å². The quantitative estimate of drug-likeness (QED) is 0.773. The molecule has 1 heterocycles. The van der Waals surface area contributed by atoms with Crippen molar-refractivity contribution < 1.29 is 9.47 Å². The van der Waals surface area contributed by atoms with E-state index >= 15 is 0 Å². The molecule has 0 radical (unpaired) electrons. The van der Waals surface area contributed by atoms with Crippen LogP contribution in [0.4, 0.5) is 5.69 Å². The maximum atomic E-state index is 5.91. The van der Waals surface area contributed by atoms with Crippen molar-refractivity contribution in [2.75, 3.05) is 51.8 Å². The van der Waals surface area contributed by atoms with Gasteiger partial charge in [0.05, 0.1) is 0 Å². The molecule has 1 aliphatic rings. The van der Waals surface area contributed by atoms with E-state index in [9.17, 15) is 0 Å². The minimum atomic E-state index is -0.137. The van der Waals surface area contributed by atoms with Gasteiger partial charge in [0.25, 0.3) is 0 Å². The number of benzene rings is 1. The van der Waals surface area contributed by atoms with Crippen molar-refractivity contribution in [3.05, 3.63) is 29.3 Å². The fourth-order valence-electron chi connectivity index (χ4n) is 2.30. The Labute approximate surface area is 119 Å². The van der Waals surface area contributed by atoms with Crippen molar-refractivity contribution in [2.24, 2.45) is 0 Å². The molecule has 0 aromatic heterocycles. The summed E-state index contributed by atoms with van der Waals surface area (Å²) in [6, 6.07) is 8.03. The van der Waals surface area contributed by atoms with Gasteiger partial charge in [-0.2, -0.15) is 0 Å². The summed E-state index contributed by atoms with van der Waals surface area (Å²) >= 11 is 5.91. The average Bonchev–Trinajstić information content (AvgIpc) is 2.46. The molecule has 0 N–H and O–H groups in total. The molecule has 1 saturated heterocycles. The van der Waals surface area contributed by atoms with E-state index in [0.29, 0.717) is 0 Å². The second-order valence-electron chi connectivity index (χ2n) is 4.67. The Balaban J connectivity index is 1.83. The Morgan fingerprint density at radius 2 is 1.63 bits per heavy atom. The van der Waals surface area contributed by atoms with Gasteiger partial charge in [-0.05, 0) is 24.3 Å². The van der Waals surface area contributed by atoms with Crippen LogP contribution in [0.15, 0.2) is 24.3 Å². The second-order valence-corrected chi connectivity index (χ2v) is 5.10. The first-order valence-electron chi connectivity index (χ1n) is 6.51. The molecule has 1 fully saturated rings. The van der Waals surface area contributed by atoms with Gasteiger partial charge in [0.1, 0.15) is 0 Å². The summed E-state index contributed by atoms with van der Waals surface area (Å²) in [6.07, 6.45) is -0.137. The Morgan fingerprint density at radius 1 is 1.05 bits per heavy atom. The first-order valence-corrected chi connectivity index (χ1v) is 6.89. The molecule has 0 unspecified atom stereocenters. The van der Waals surface area contributed by atoms with E-state index in [1.54, 1.807) is 14.2 Å². The standard InChI is InChI=1S/C14H21ClN2O2/c1-18-14(19-2)11-16-7-9-17(10-8-16)13-5-3-12(15)4-6-13/h3-6,14H,7-11H2,1-2H3. The molecule has 0 bridgehead atoms. The van der Waals surface area contributed by atoms with E-state index in [0.717, 1.165) is 37.7 Å². The van der Waals surface area contributed by atoms with E-state index in [1.165, 1.54) is 5.69 Å². The largest absolute Gasteiger partial charge is 0.369 e. The van der Waals surface area contributed by atoms with Crippen LogP contribution < -0.4 is 4.90 Å². The molecule has 5 heteroatoms. The molecule has 0 aliphatic carbocycles. The lowest BCUT2D eigenvalue weighted by molar-refractivity contribution is -0.116. The molecular weight excluding hydrogens is 264 g/mol. The van der Waals surface area contributed by atoms with E-state index < -0.39 is 0 Å². The van der Waals surface area contributed by atoms with Crippen LogP contribution in [0.3, 0.4) is 0 Å². The Bertz CT molecular complexity index is 374. The number of hydrogen-bond donors (Lipinski definition) is 0. The van der Waals surface area contributed by atoms with Gasteiger partial charge in [-0.25, -0.2) is 0 Å². The number of piperazine rings is 1. The van der Waals surface area contributed by atoms with Crippen LogP contribution in [0.25, 0.3) is 0 Å². The van der Waals surface area contributed by atoms with Gasteiger partial charge < -0.3 is 14.4 Å². The van der Waals surface area contributed by atoms with Crippen LogP contribution in [0.5, 0.6) is 0 Å². The molecule has 106 valence electrons. The van der Waals surface area contributed by atoms with Gasteiger partial charge in [0, 0.05) is 57.7 Å². The minimum Gasteiger partial charge on any atom is -0.369 e. The van der Waals surface area contributed by atoms with E-state index in [2.05, 4.69) is 21.9 Å². The molecule has 0 spiro atoms. The normalized spacial score (nSPS) is 17.2. The zero-order chi connectivity index (χ0) is 13.7. The summed E-state index contributed by atoms with van der Waals surface area (Å²) in [6.45, 7) is 4.89. The number of rotatable bonds is 5. The Kier molecular flexibility index (Phi) is 5.45. The highest BCUT2D eigenvalue weighted by molar-refractivity contribution is 6.30. The maximum absolute atomic E-state index is 5.91. The monoisotopic (exact) mass is 284 g/mol. The SMILES string of the molecule is COC(CN1CCN(c2ccc(Cl)cc2)CC1)OC. The Morgan fingerprint density at radius 3 is 2.16 bits per heavy atom. The Hall–Kier alpha value is -0.810. The molecule has 0 atom stereocenters. The molecule has 0 saturated carbocycles. The number of nitrogens with zero attached hydrogens (tertiary/aromatic N) is 2. The lowest BCUT2D eigenvalue weighted by Crippen LogP contribution is -2.49. The molecule has 1 aromatic rings. The third kappa shape index (κ3) is 4.08. The highest BCUT2D eigenvalue weighted by atomic mass is 35.5. The zero-order valence-electron chi connectivity index (χ0n) is 11.5. The third-order valence-electron chi connectivity index (χ3n) is 3.50. The van der Waals surface area contributed by atoms with E-state index in [4.69, 9.17) is 21.1 Å². The zero-order valence-corrected chi connectivity index (χ0v) is 12.3. The third-order valence-corrected chi connectivity index (χ3v) is 3.75. The predicted octanol–water partition coefficient (Wildman–Crippen LogP) is 2.08. The van der Waals surface area contributed by atoms with Gasteiger partial charge in [-0.3, -0.25) is 4.90 Å². The van der Waals surface area contributed by atoms with Crippen LogP contribution in [0.2, 0.25) is 5.02 Å². The second kappa shape index (κ2) is 7.10. The minimum absolute atomic E-state index is 0.137. The first-order chi connectivity index (χ1) is 9.22. The summed E-state index contributed by atoms with van der Waals surface area (Å²) in [4.78, 5) is 4.74. The number of halogens is 1. The van der Waals surface area contributed by atoms with Gasteiger partial charge in [-0.15, -0.1) is 0 Å². The highest BCUT2D eigenvalue weighted by Gasteiger charge is 2.19. The van der Waals surface area contributed by atoms with Crippen molar-refractivity contribution in [1.82, 2.24) is 4.90 Å². The van der Waals surface area contributed by atoms with Crippen LogP contribution in [0, 0.1) is 0 Å². The maximum Gasteiger partial charge on any atom is 0.169 e. The molecule has 1 aromatic carbocycles. The van der Waals surface area contributed by atoms with Gasteiger partial charge >= 0.3 is 0 Å². The van der Waals surface area contributed by atoms with E-state index in [-0.39, 0.29) is 6.29 Å². The van der Waals surface area contributed by atoms with Gasteiger partial charge in [0.15, 0.2) is 6.29 Å². The van der Waals surface area contributed by atoms with Gasteiger partial charge in [0.2, 0.25) is 0 Å². The molecule has 2 rings (SSSR count). The number of hydrogen-bond acceptors (Lipinski definition) is 4. The lowest BCUT2D eigenvalue weighted by Gasteiger charge is -2.37. The lowest BCUT2D eigenvalue weighted by atomic mass is 10.2. The van der Waals surface area contributed by atoms with Crippen molar-refractivity contribution in [3.8, 4) is 0 Å². The van der Waals surface area contributed by atoms with Gasteiger partial charge in [-0.1, -0.05) is 11.6 Å². The molecule has 19 heavy (non-hydrogen) atoms. The summed E-state index contributed by atoms with van der Waals surface area (Å²) in [5.74, 6) is 0. The van der Waals surface area contributed by atoms with E-state index in [1.807, 2.05) is 12.1 Å². The molecular formula is C14H21ClN2O2. The summed E-state index contributed by atoms with van der Waals surface area (Å²) in [5.41, 5.74) is 1.24. The molecule has 0 amide bonds. The summed E-state index contributed by atoms with van der Waals surface area (Å²) < 4.78 is 10.5. The summed E-state index contributed by atoms with van der Waals surface area (Å²) in [5, 5.41) is 0.783. The van der Waals surface area contributed by atoms with Crippen LogP contribution in [0.1, 0.15) is 0 Å². The smallest absolute Gasteiger partial charge is 0.169 e. The van der Waals surface area contributed by atoms with Crippen molar-refractivity contribution in [2.45, 2.75) is 6.29 Å². The van der Waals surface area contributed by atoms with Crippen molar-refractivity contribution in [1.29, 1.82) is 0 Å². The van der Waals surface area contributed by atoms with Crippen LogP contribution >= 0.6 is 11.6 Å². The highest BCUT2D eigenvalue weighted by Crippen LogP contribution is 2.19. The fourth-order valence-corrected chi connectivity index (χ4v) is 2.42. The fraction of sp³-hybridized carbons (Fsp3) is 0.571. The number of methoxy groups -OCH3 is 2. The predicted molar refractivity (Wildman–Crippen MR) is 77.9 cm³/mol.